The predicted octanol–water partition coefficient (Wildman–Crippen LogP) is 8.47. The van der Waals surface area contributed by atoms with Crippen LogP contribution in [0.15, 0.2) is 110 Å². The summed E-state index contributed by atoms with van der Waals surface area (Å²) < 4.78 is 29.9. The van der Waals surface area contributed by atoms with Gasteiger partial charge in [0.2, 0.25) is 0 Å². The molecule has 2 aliphatic rings. The van der Waals surface area contributed by atoms with Gasteiger partial charge in [-0.1, -0.05) is 62.2 Å². The van der Waals surface area contributed by atoms with E-state index in [1.807, 2.05) is 37.3 Å². The number of hydrogen-bond donors (Lipinski definition) is 0. The van der Waals surface area contributed by atoms with Crippen molar-refractivity contribution in [2.75, 3.05) is 0 Å². The van der Waals surface area contributed by atoms with Crippen molar-refractivity contribution in [1.82, 2.24) is 4.90 Å². The highest BCUT2D eigenvalue weighted by atomic mass is 79.9. The van der Waals surface area contributed by atoms with Gasteiger partial charge in [-0.15, -0.1) is 0 Å². The van der Waals surface area contributed by atoms with Crippen LogP contribution in [0.4, 0.5) is 14.5 Å². The zero-order valence-corrected chi connectivity index (χ0v) is 23.5. The first-order chi connectivity index (χ1) is 17.8. The number of hydrogen-bond acceptors (Lipinski definition) is 3. The van der Waals surface area contributed by atoms with E-state index in [0.29, 0.717) is 0 Å². The summed E-state index contributed by atoms with van der Waals surface area (Å²) >= 11 is 7.05. The van der Waals surface area contributed by atoms with E-state index in [2.05, 4.69) is 55.8 Å². The lowest BCUT2D eigenvalue weighted by molar-refractivity contribution is 0.257. The molecule has 1 aliphatic heterocycles. The van der Waals surface area contributed by atoms with Gasteiger partial charge in [0.05, 0.1) is 17.8 Å². The molecule has 7 heteroatoms. The van der Waals surface area contributed by atoms with Crippen molar-refractivity contribution in [1.29, 1.82) is 0 Å². The van der Waals surface area contributed by atoms with Crippen LogP contribution in [0.1, 0.15) is 31.4 Å². The first kappa shape index (κ1) is 25.7. The number of allylic oxidation sites excluding steroid dienone is 2. The third-order valence-electron chi connectivity index (χ3n) is 7.00. The highest BCUT2D eigenvalue weighted by Gasteiger charge is 2.51. The highest BCUT2D eigenvalue weighted by molar-refractivity contribution is 9.12. The van der Waals surface area contributed by atoms with E-state index in [4.69, 9.17) is 9.98 Å². The van der Waals surface area contributed by atoms with Crippen molar-refractivity contribution in [2.45, 2.75) is 37.9 Å². The fraction of sp³-hybridized carbons (Fsp3) is 0.200. The van der Waals surface area contributed by atoms with Crippen LogP contribution in [0.25, 0.3) is 0 Å². The Bertz CT molecular complexity index is 1410. The molecule has 3 atom stereocenters. The van der Waals surface area contributed by atoms with E-state index in [1.165, 1.54) is 24.3 Å². The monoisotopic (exact) mass is 623 g/mol. The number of aliphatic imine (C=N–C) groups is 2. The van der Waals surface area contributed by atoms with Gasteiger partial charge in [-0.25, -0.2) is 13.8 Å². The Hall–Kier alpha value is -2.90. The van der Waals surface area contributed by atoms with Gasteiger partial charge in [-0.3, -0.25) is 4.99 Å². The molecule has 0 saturated carbocycles. The van der Waals surface area contributed by atoms with Crippen LogP contribution in [-0.2, 0) is 5.54 Å². The van der Waals surface area contributed by atoms with E-state index < -0.39 is 5.54 Å². The van der Waals surface area contributed by atoms with Crippen LogP contribution < -0.4 is 0 Å². The molecule has 0 fully saturated rings. The largest absolute Gasteiger partial charge is 0.344 e. The van der Waals surface area contributed by atoms with Gasteiger partial charge >= 0.3 is 0 Å². The van der Waals surface area contributed by atoms with Crippen molar-refractivity contribution in [3.05, 3.63) is 123 Å². The molecule has 0 radical (unpaired) electrons. The maximum Gasteiger partial charge on any atom is 0.146 e. The molecule has 0 amide bonds. The van der Waals surface area contributed by atoms with Gasteiger partial charge < -0.3 is 4.90 Å². The Labute approximate surface area is 232 Å². The standard InChI is InChI=1S/C30H25Br2F2N3/c1-19(35-27-15-7-23(31)8-16-27)30(22-5-13-26(34)14-6-22)20(2)37(28-17-9-24(32)10-18-28)29(36-30)21-3-11-25(33)12-4-21/h3-17,20,28H,18H2,1-2H3/b35-19+. The molecule has 1 aliphatic carbocycles. The second-order valence-electron chi connectivity index (χ2n) is 9.22. The lowest BCUT2D eigenvalue weighted by Gasteiger charge is -2.39. The van der Waals surface area contributed by atoms with E-state index in [0.717, 1.165) is 43.7 Å². The molecule has 0 bridgehead atoms. The summed E-state index contributed by atoms with van der Waals surface area (Å²) in [4.78, 5) is 12.7. The fourth-order valence-corrected chi connectivity index (χ4v) is 5.75. The van der Waals surface area contributed by atoms with Crippen LogP contribution in [0.2, 0.25) is 0 Å². The smallest absolute Gasteiger partial charge is 0.146 e. The van der Waals surface area contributed by atoms with E-state index in [1.54, 1.807) is 24.3 Å². The molecule has 188 valence electrons. The highest BCUT2D eigenvalue weighted by Crippen LogP contribution is 2.43. The maximum atomic E-state index is 14.0. The number of nitrogens with zero attached hydrogens (tertiary/aromatic N) is 3. The van der Waals surface area contributed by atoms with Crippen LogP contribution >= 0.6 is 31.9 Å². The lowest BCUT2D eigenvalue weighted by Crippen LogP contribution is -2.50. The summed E-state index contributed by atoms with van der Waals surface area (Å²) in [6.07, 6.45) is 7.12. The van der Waals surface area contributed by atoms with Crippen molar-refractivity contribution in [3.8, 4) is 0 Å². The summed E-state index contributed by atoms with van der Waals surface area (Å²) in [6.45, 7) is 4.11. The molecule has 5 rings (SSSR count). The number of rotatable bonds is 5. The second kappa shape index (κ2) is 10.5. The molecule has 37 heavy (non-hydrogen) atoms. The molecule has 3 aromatic rings. The first-order valence-corrected chi connectivity index (χ1v) is 13.6. The lowest BCUT2D eigenvalue weighted by atomic mass is 9.80. The molecule has 0 spiro atoms. The summed E-state index contributed by atoms with van der Waals surface area (Å²) in [5.41, 5.74) is 2.36. The van der Waals surface area contributed by atoms with E-state index >= 15 is 0 Å². The Kier molecular flexibility index (Phi) is 7.28. The summed E-state index contributed by atoms with van der Waals surface area (Å²) in [6, 6.07) is 20.6. The third-order valence-corrected chi connectivity index (χ3v) is 8.12. The average molecular weight is 625 g/mol. The average Bonchev–Trinajstić information content (AvgIpc) is 3.20. The summed E-state index contributed by atoms with van der Waals surface area (Å²) in [7, 11) is 0. The van der Waals surface area contributed by atoms with E-state index in [-0.39, 0.29) is 23.7 Å². The predicted molar refractivity (Wildman–Crippen MR) is 154 cm³/mol. The van der Waals surface area contributed by atoms with Crippen molar-refractivity contribution < 1.29 is 8.78 Å². The molecule has 3 aromatic carbocycles. The van der Waals surface area contributed by atoms with Gasteiger partial charge in [-0.2, -0.15) is 0 Å². The molecular formula is C30H25Br2F2N3. The van der Waals surface area contributed by atoms with Gasteiger partial charge in [0.25, 0.3) is 0 Å². The van der Waals surface area contributed by atoms with Gasteiger partial charge in [0.15, 0.2) is 0 Å². The van der Waals surface area contributed by atoms with E-state index in [9.17, 15) is 8.78 Å². The van der Waals surface area contributed by atoms with Crippen molar-refractivity contribution in [2.24, 2.45) is 9.98 Å². The third kappa shape index (κ3) is 4.99. The van der Waals surface area contributed by atoms with Crippen LogP contribution in [-0.4, -0.2) is 28.5 Å². The SMILES string of the molecule is C/C(=N\c1ccc(Br)cc1)C1(c2ccc(F)cc2)N=C(c2ccc(F)cc2)N(C2C=CC(Br)=CC2)C1C. The zero-order chi connectivity index (χ0) is 26.2. The number of amidine groups is 1. The summed E-state index contributed by atoms with van der Waals surface area (Å²) in [5, 5.41) is 0. The molecule has 3 unspecified atom stereocenters. The second-order valence-corrected chi connectivity index (χ2v) is 11.1. The molecule has 0 aromatic heterocycles. The summed E-state index contributed by atoms with van der Waals surface area (Å²) in [5.74, 6) is 0.143. The van der Waals surface area contributed by atoms with Crippen molar-refractivity contribution in [3.63, 3.8) is 0 Å². The van der Waals surface area contributed by atoms with Gasteiger partial charge in [0.1, 0.15) is 23.0 Å². The minimum absolute atomic E-state index is 0.0305. The minimum atomic E-state index is -0.892. The topological polar surface area (TPSA) is 28.0 Å². The first-order valence-electron chi connectivity index (χ1n) is 12.0. The minimum Gasteiger partial charge on any atom is -0.344 e. The number of halogens is 4. The Morgan fingerprint density at radius 1 is 0.946 bits per heavy atom. The van der Waals surface area contributed by atoms with Gasteiger partial charge in [-0.05, 0) is 86.5 Å². The quantitative estimate of drug-likeness (QED) is 0.262. The Balaban J connectivity index is 1.72. The van der Waals surface area contributed by atoms with Crippen LogP contribution in [0.3, 0.4) is 0 Å². The normalized spacial score (nSPS) is 23.7. The molecule has 1 heterocycles. The van der Waals surface area contributed by atoms with Crippen molar-refractivity contribution >= 4 is 49.1 Å². The Morgan fingerprint density at radius 3 is 2.16 bits per heavy atom. The molecular weight excluding hydrogens is 600 g/mol. The number of benzene rings is 3. The van der Waals surface area contributed by atoms with Gasteiger partial charge in [0, 0.05) is 20.2 Å². The molecule has 0 N–H and O–H groups in total. The molecule has 3 nitrogen and oxygen atoms in total. The Morgan fingerprint density at radius 2 is 1.57 bits per heavy atom. The fourth-order valence-electron chi connectivity index (χ4n) is 5.15. The zero-order valence-electron chi connectivity index (χ0n) is 20.4. The molecule has 0 saturated heterocycles. The maximum absolute atomic E-state index is 14.0. The van der Waals surface area contributed by atoms with Crippen LogP contribution in [0.5, 0.6) is 0 Å². The van der Waals surface area contributed by atoms with Crippen LogP contribution in [0, 0.1) is 11.6 Å².